The molecule has 0 amide bonds. The second-order valence-corrected chi connectivity index (χ2v) is 6.11. The SMILES string of the molecule is CC(N)Cc1cnc(N(C)C2CCCC(C)C2)nc1. The van der Waals surface area contributed by atoms with Crippen molar-refractivity contribution >= 4 is 5.95 Å². The van der Waals surface area contributed by atoms with Gasteiger partial charge < -0.3 is 10.6 Å². The molecule has 4 nitrogen and oxygen atoms in total. The molecule has 0 aliphatic heterocycles. The van der Waals surface area contributed by atoms with Gasteiger partial charge >= 0.3 is 0 Å². The van der Waals surface area contributed by atoms with E-state index in [-0.39, 0.29) is 6.04 Å². The highest BCUT2D eigenvalue weighted by atomic mass is 15.2. The minimum Gasteiger partial charge on any atom is -0.341 e. The van der Waals surface area contributed by atoms with E-state index in [1.807, 2.05) is 19.3 Å². The van der Waals surface area contributed by atoms with E-state index in [9.17, 15) is 0 Å². The van der Waals surface area contributed by atoms with E-state index in [0.717, 1.165) is 23.9 Å². The summed E-state index contributed by atoms with van der Waals surface area (Å²) in [7, 11) is 2.11. The number of hydrogen-bond donors (Lipinski definition) is 1. The van der Waals surface area contributed by atoms with Crippen LogP contribution in [0.3, 0.4) is 0 Å². The van der Waals surface area contributed by atoms with Crippen LogP contribution in [-0.4, -0.2) is 29.1 Å². The van der Waals surface area contributed by atoms with Gasteiger partial charge in [0.05, 0.1) is 0 Å². The normalized spacial score (nSPS) is 25.1. The molecule has 0 aromatic carbocycles. The molecule has 4 heteroatoms. The van der Waals surface area contributed by atoms with Crippen LogP contribution in [0, 0.1) is 5.92 Å². The smallest absolute Gasteiger partial charge is 0.225 e. The van der Waals surface area contributed by atoms with Gasteiger partial charge in [-0.15, -0.1) is 0 Å². The third-order valence-electron chi connectivity index (χ3n) is 4.02. The molecule has 1 heterocycles. The third kappa shape index (κ3) is 3.90. The van der Waals surface area contributed by atoms with Crippen molar-refractivity contribution in [3.8, 4) is 0 Å². The third-order valence-corrected chi connectivity index (χ3v) is 4.02. The topological polar surface area (TPSA) is 55.0 Å². The predicted molar refractivity (Wildman–Crippen MR) is 79.2 cm³/mol. The highest BCUT2D eigenvalue weighted by Gasteiger charge is 2.23. The van der Waals surface area contributed by atoms with Crippen LogP contribution in [0.4, 0.5) is 5.95 Å². The number of aromatic nitrogens is 2. The van der Waals surface area contributed by atoms with Crippen molar-refractivity contribution in [2.45, 2.75) is 58.0 Å². The van der Waals surface area contributed by atoms with E-state index in [1.165, 1.54) is 25.7 Å². The fourth-order valence-electron chi connectivity index (χ4n) is 2.92. The lowest BCUT2D eigenvalue weighted by Gasteiger charge is -2.34. The zero-order chi connectivity index (χ0) is 13.8. The molecule has 1 fully saturated rings. The van der Waals surface area contributed by atoms with E-state index in [2.05, 4.69) is 28.8 Å². The molecule has 0 saturated heterocycles. The first-order valence-electron chi connectivity index (χ1n) is 7.35. The molecule has 1 saturated carbocycles. The summed E-state index contributed by atoms with van der Waals surface area (Å²) in [6, 6.07) is 0.745. The molecule has 19 heavy (non-hydrogen) atoms. The Balaban J connectivity index is 2.00. The Morgan fingerprint density at radius 2 is 2.05 bits per heavy atom. The van der Waals surface area contributed by atoms with E-state index >= 15 is 0 Å². The van der Waals surface area contributed by atoms with Crippen molar-refractivity contribution in [3.63, 3.8) is 0 Å². The molecular weight excluding hydrogens is 236 g/mol. The Bertz CT molecular complexity index is 388. The van der Waals surface area contributed by atoms with E-state index in [4.69, 9.17) is 5.73 Å². The highest BCUT2D eigenvalue weighted by Crippen LogP contribution is 2.28. The van der Waals surface area contributed by atoms with Gasteiger partial charge in [0.2, 0.25) is 5.95 Å². The predicted octanol–water partition coefficient (Wildman–Crippen LogP) is 2.38. The lowest BCUT2D eigenvalue weighted by molar-refractivity contribution is 0.334. The van der Waals surface area contributed by atoms with E-state index < -0.39 is 0 Å². The average molecular weight is 262 g/mol. The molecule has 106 valence electrons. The summed E-state index contributed by atoms with van der Waals surface area (Å²) in [6.45, 7) is 4.34. The number of nitrogens with two attached hydrogens (primary N) is 1. The van der Waals surface area contributed by atoms with Gasteiger partial charge in [0.15, 0.2) is 0 Å². The molecule has 2 N–H and O–H groups in total. The minimum atomic E-state index is 0.159. The number of hydrogen-bond acceptors (Lipinski definition) is 4. The van der Waals surface area contributed by atoms with Crippen LogP contribution < -0.4 is 10.6 Å². The Labute approximate surface area is 116 Å². The molecular formula is C15H26N4. The summed E-state index contributed by atoms with van der Waals surface area (Å²) in [5.41, 5.74) is 6.90. The molecule has 3 unspecified atom stereocenters. The molecule has 0 bridgehead atoms. The molecule has 2 rings (SSSR count). The minimum absolute atomic E-state index is 0.159. The van der Waals surface area contributed by atoms with Crippen LogP contribution in [0.1, 0.15) is 45.1 Å². The summed E-state index contributed by atoms with van der Waals surface area (Å²) in [6.07, 6.45) is 9.85. The van der Waals surface area contributed by atoms with Crippen molar-refractivity contribution in [1.82, 2.24) is 9.97 Å². The van der Waals surface area contributed by atoms with Gasteiger partial charge in [-0.3, -0.25) is 0 Å². The molecule has 0 radical (unpaired) electrons. The zero-order valence-corrected chi connectivity index (χ0v) is 12.3. The van der Waals surface area contributed by atoms with Crippen LogP contribution in [0.25, 0.3) is 0 Å². The molecule has 3 atom stereocenters. The van der Waals surface area contributed by atoms with Gasteiger partial charge in [-0.25, -0.2) is 9.97 Å². The lowest BCUT2D eigenvalue weighted by Crippen LogP contribution is -2.36. The summed E-state index contributed by atoms with van der Waals surface area (Å²) >= 11 is 0. The summed E-state index contributed by atoms with van der Waals surface area (Å²) in [4.78, 5) is 11.2. The van der Waals surface area contributed by atoms with Crippen LogP contribution in [0.15, 0.2) is 12.4 Å². The van der Waals surface area contributed by atoms with Crippen LogP contribution in [0.2, 0.25) is 0 Å². The van der Waals surface area contributed by atoms with Crippen molar-refractivity contribution in [3.05, 3.63) is 18.0 Å². The van der Waals surface area contributed by atoms with Gasteiger partial charge in [-0.1, -0.05) is 19.8 Å². The number of nitrogens with zero attached hydrogens (tertiary/aromatic N) is 3. The molecule has 1 aliphatic carbocycles. The Hall–Kier alpha value is -1.16. The fourth-order valence-corrected chi connectivity index (χ4v) is 2.92. The highest BCUT2D eigenvalue weighted by molar-refractivity contribution is 5.30. The van der Waals surface area contributed by atoms with Crippen LogP contribution in [0.5, 0.6) is 0 Å². The first-order chi connectivity index (χ1) is 9.06. The summed E-state index contributed by atoms with van der Waals surface area (Å²) in [5.74, 6) is 1.66. The molecule has 1 aromatic heterocycles. The van der Waals surface area contributed by atoms with E-state index in [0.29, 0.717) is 6.04 Å². The molecule has 1 aliphatic rings. The fraction of sp³-hybridized carbons (Fsp3) is 0.733. The summed E-state index contributed by atoms with van der Waals surface area (Å²) < 4.78 is 0. The maximum Gasteiger partial charge on any atom is 0.225 e. The first-order valence-corrected chi connectivity index (χ1v) is 7.35. The van der Waals surface area contributed by atoms with Crippen LogP contribution >= 0.6 is 0 Å². The van der Waals surface area contributed by atoms with Crippen molar-refractivity contribution in [2.75, 3.05) is 11.9 Å². The average Bonchev–Trinajstić information content (AvgIpc) is 2.38. The summed E-state index contributed by atoms with van der Waals surface area (Å²) in [5, 5.41) is 0. The standard InChI is InChI=1S/C15H26N4/c1-11-5-4-6-14(7-11)19(3)15-17-9-13(10-18-15)8-12(2)16/h9-12,14H,4-8,16H2,1-3H3. The van der Waals surface area contributed by atoms with Crippen molar-refractivity contribution < 1.29 is 0 Å². The maximum atomic E-state index is 5.79. The van der Waals surface area contributed by atoms with Crippen molar-refractivity contribution in [2.24, 2.45) is 11.7 Å². The van der Waals surface area contributed by atoms with Gasteiger partial charge in [-0.05, 0) is 37.7 Å². The Morgan fingerprint density at radius 3 is 2.63 bits per heavy atom. The monoisotopic (exact) mass is 262 g/mol. The number of rotatable bonds is 4. The first kappa shape index (κ1) is 14.3. The van der Waals surface area contributed by atoms with Gasteiger partial charge in [0, 0.05) is 31.5 Å². The largest absolute Gasteiger partial charge is 0.341 e. The molecule has 0 spiro atoms. The van der Waals surface area contributed by atoms with Crippen LogP contribution in [-0.2, 0) is 6.42 Å². The van der Waals surface area contributed by atoms with Gasteiger partial charge in [-0.2, -0.15) is 0 Å². The van der Waals surface area contributed by atoms with Crippen molar-refractivity contribution in [1.29, 1.82) is 0 Å². The Kier molecular flexibility index (Phi) is 4.75. The second-order valence-electron chi connectivity index (χ2n) is 6.11. The lowest BCUT2D eigenvalue weighted by atomic mass is 9.86. The quantitative estimate of drug-likeness (QED) is 0.905. The second kappa shape index (κ2) is 6.33. The van der Waals surface area contributed by atoms with Gasteiger partial charge in [0.1, 0.15) is 0 Å². The van der Waals surface area contributed by atoms with Gasteiger partial charge in [0.25, 0.3) is 0 Å². The van der Waals surface area contributed by atoms with E-state index in [1.54, 1.807) is 0 Å². The Morgan fingerprint density at radius 1 is 1.37 bits per heavy atom. The number of anilines is 1. The molecule has 1 aromatic rings. The maximum absolute atomic E-state index is 5.79. The zero-order valence-electron chi connectivity index (χ0n) is 12.3.